The number of nitrogens with zero attached hydrogens (tertiary/aromatic N) is 2. The lowest BCUT2D eigenvalue weighted by Crippen LogP contribution is -2.44. The van der Waals surface area contributed by atoms with Crippen LogP contribution in [0.25, 0.3) is 0 Å². The molecule has 2 amide bonds. The van der Waals surface area contributed by atoms with Crippen molar-refractivity contribution in [2.75, 3.05) is 16.7 Å². The number of ether oxygens (including phenoxy) is 1. The Morgan fingerprint density at radius 2 is 2.00 bits per heavy atom. The van der Waals surface area contributed by atoms with E-state index >= 15 is 0 Å². The fourth-order valence-corrected chi connectivity index (χ4v) is 3.56. The molecule has 1 aliphatic rings. The minimum atomic E-state index is -3.97. The van der Waals surface area contributed by atoms with Crippen molar-refractivity contribution in [2.24, 2.45) is 0 Å². The molecule has 0 spiro atoms. The Kier molecular flexibility index (Phi) is 3.02. The van der Waals surface area contributed by atoms with Crippen molar-refractivity contribution in [3.8, 4) is 5.88 Å². The topological polar surface area (TPSA) is 88.6 Å². The highest BCUT2D eigenvalue weighted by atomic mass is 32.2. The van der Waals surface area contributed by atoms with Crippen LogP contribution in [0.3, 0.4) is 0 Å². The molecule has 0 saturated heterocycles. The van der Waals surface area contributed by atoms with Gasteiger partial charge in [0.25, 0.3) is 10.0 Å². The molecule has 0 unspecified atom stereocenters. The molecule has 2 heterocycles. The number of carbonyl (C=O) groups is 1. The third-order valence-corrected chi connectivity index (χ3v) is 4.76. The van der Waals surface area contributed by atoms with E-state index in [2.05, 4.69) is 10.3 Å². The van der Waals surface area contributed by atoms with Gasteiger partial charge in [-0.15, -0.1) is 0 Å². The molecule has 2 aromatic rings. The Morgan fingerprint density at radius 1 is 1.24 bits per heavy atom. The van der Waals surface area contributed by atoms with Gasteiger partial charge in [-0.25, -0.2) is 18.2 Å². The summed E-state index contributed by atoms with van der Waals surface area (Å²) in [5.74, 6) is 0.217. The maximum atomic E-state index is 12.6. The molecule has 7 nitrogen and oxygen atoms in total. The van der Waals surface area contributed by atoms with Gasteiger partial charge in [-0.2, -0.15) is 4.31 Å². The monoisotopic (exact) mass is 305 g/mol. The van der Waals surface area contributed by atoms with Gasteiger partial charge in [0.1, 0.15) is 4.90 Å². The SMILES string of the molecule is COc1cc(N2C(=O)Nc3ccccc3S2(=O)=O)ccn1. The number of benzene rings is 1. The molecule has 0 aliphatic carbocycles. The van der Waals surface area contributed by atoms with Gasteiger partial charge in [-0.3, -0.25) is 0 Å². The van der Waals surface area contributed by atoms with Crippen molar-refractivity contribution in [3.63, 3.8) is 0 Å². The van der Waals surface area contributed by atoms with Crippen LogP contribution in [-0.2, 0) is 10.0 Å². The smallest absolute Gasteiger partial charge is 0.340 e. The zero-order valence-electron chi connectivity index (χ0n) is 11.0. The maximum absolute atomic E-state index is 12.6. The van der Waals surface area contributed by atoms with Crippen molar-refractivity contribution in [1.82, 2.24) is 4.98 Å². The van der Waals surface area contributed by atoms with Crippen LogP contribution in [-0.4, -0.2) is 26.5 Å². The van der Waals surface area contributed by atoms with Gasteiger partial charge in [0.05, 0.1) is 18.5 Å². The number of aromatic nitrogens is 1. The van der Waals surface area contributed by atoms with Crippen LogP contribution in [0.2, 0.25) is 0 Å². The van der Waals surface area contributed by atoms with Crippen LogP contribution in [0.1, 0.15) is 0 Å². The van der Waals surface area contributed by atoms with Crippen LogP contribution < -0.4 is 14.4 Å². The molecular weight excluding hydrogens is 294 g/mol. The Balaban J connectivity index is 2.17. The number of anilines is 2. The first-order valence-electron chi connectivity index (χ1n) is 5.99. The third-order valence-electron chi connectivity index (χ3n) is 2.99. The highest BCUT2D eigenvalue weighted by Gasteiger charge is 2.37. The number of amides is 2. The zero-order chi connectivity index (χ0) is 15.0. The summed E-state index contributed by atoms with van der Waals surface area (Å²) in [6, 6.07) is 8.28. The van der Waals surface area contributed by atoms with E-state index in [0.29, 0.717) is 4.31 Å². The van der Waals surface area contributed by atoms with Crippen LogP contribution >= 0.6 is 0 Å². The molecule has 0 fully saturated rings. The molecule has 1 aliphatic heterocycles. The van der Waals surface area contributed by atoms with Crippen molar-refractivity contribution in [1.29, 1.82) is 0 Å². The Labute approximate surface area is 121 Å². The van der Waals surface area contributed by atoms with Gasteiger partial charge in [-0.1, -0.05) is 12.1 Å². The van der Waals surface area contributed by atoms with E-state index in [-0.39, 0.29) is 22.2 Å². The Hall–Kier alpha value is -2.61. The van der Waals surface area contributed by atoms with Crippen molar-refractivity contribution >= 4 is 27.4 Å². The standard InChI is InChI=1S/C13H11N3O4S/c1-20-12-8-9(6-7-14-12)16-13(17)15-10-4-2-3-5-11(10)21(16,18)19/h2-8H,1H3,(H,15,17). The normalized spacial score (nSPS) is 16.0. The van der Waals surface area contributed by atoms with E-state index in [1.807, 2.05) is 0 Å². The number of hydrogen-bond donors (Lipinski definition) is 1. The lowest BCUT2D eigenvalue weighted by molar-refractivity contribution is 0.259. The Morgan fingerprint density at radius 3 is 2.76 bits per heavy atom. The summed E-state index contributed by atoms with van der Waals surface area (Å²) < 4.78 is 30.9. The van der Waals surface area contributed by atoms with E-state index in [1.54, 1.807) is 12.1 Å². The first-order valence-corrected chi connectivity index (χ1v) is 7.43. The lowest BCUT2D eigenvalue weighted by atomic mass is 10.3. The molecule has 108 valence electrons. The molecule has 21 heavy (non-hydrogen) atoms. The lowest BCUT2D eigenvalue weighted by Gasteiger charge is -2.28. The number of pyridine rings is 1. The number of sulfonamides is 1. The molecule has 0 bridgehead atoms. The fourth-order valence-electron chi connectivity index (χ4n) is 2.06. The van der Waals surface area contributed by atoms with E-state index < -0.39 is 16.1 Å². The maximum Gasteiger partial charge on any atom is 0.340 e. The van der Waals surface area contributed by atoms with Gasteiger partial charge in [-0.05, 0) is 18.2 Å². The van der Waals surface area contributed by atoms with Crippen molar-refractivity contribution in [3.05, 3.63) is 42.6 Å². The summed E-state index contributed by atoms with van der Waals surface area (Å²) in [7, 11) is -2.56. The Bertz CT molecular complexity index is 820. The molecule has 0 atom stereocenters. The molecule has 1 N–H and O–H groups in total. The van der Waals surface area contributed by atoms with Crippen molar-refractivity contribution in [2.45, 2.75) is 4.90 Å². The summed E-state index contributed by atoms with van der Waals surface area (Å²) in [5, 5.41) is 2.55. The van der Waals surface area contributed by atoms with E-state index in [9.17, 15) is 13.2 Å². The van der Waals surface area contributed by atoms with Crippen LogP contribution in [0.4, 0.5) is 16.2 Å². The van der Waals surface area contributed by atoms with Crippen LogP contribution in [0.15, 0.2) is 47.5 Å². The number of hydrogen-bond acceptors (Lipinski definition) is 5. The summed E-state index contributed by atoms with van der Waals surface area (Å²) >= 11 is 0. The number of para-hydroxylation sites is 1. The third kappa shape index (κ3) is 2.09. The minimum absolute atomic E-state index is 0.0420. The van der Waals surface area contributed by atoms with E-state index in [4.69, 9.17) is 4.74 Å². The van der Waals surface area contributed by atoms with Gasteiger partial charge in [0.2, 0.25) is 5.88 Å². The molecule has 1 aromatic heterocycles. The van der Waals surface area contributed by atoms with Gasteiger partial charge >= 0.3 is 6.03 Å². The average molecular weight is 305 g/mol. The van der Waals surface area contributed by atoms with Gasteiger partial charge in [0.15, 0.2) is 0 Å². The highest BCUT2D eigenvalue weighted by molar-refractivity contribution is 7.94. The molecular formula is C13H11N3O4S. The van der Waals surface area contributed by atoms with Gasteiger partial charge < -0.3 is 10.1 Å². The minimum Gasteiger partial charge on any atom is -0.481 e. The molecule has 1 aromatic carbocycles. The number of carbonyl (C=O) groups excluding carboxylic acids is 1. The molecule has 0 radical (unpaired) electrons. The summed E-state index contributed by atoms with van der Waals surface area (Å²) in [4.78, 5) is 16.1. The number of rotatable bonds is 2. The van der Waals surface area contributed by atoms with Gasteiger partial charge in [0, 0.05) is 12.3 Å². The highest BCUT2D eigenvalue weighted by Crippen LogP contribution is 2.33. The number of methoxy groups -OCH3 is 1. The quantitative estimate of drug-likeness (QED) is 0.914. The molecule has 0 saturated carbocycles. The average Bonchev–Trinajstić information content (AvgIpc) is 2.47. The van der Waals surface area contributed by atoms with E-state index in [1.165, 1.54) is 37.6 Å². The molecule has 3 rings (SSSR count). The van der Waals surface area contributed by atoms with E-state index in [0.717, 1.165) is 0 Å². The van der Waals surface area contributed by atoms with Crippen molar-refractivity contribution < 1.29 is 17.9 Å². The van der Waals surface area contributed by atoms with Crippen LogP contribution in [0, 0.1) is 0 Å². The summed E-state index contributed by atoms with van der Waals surface area (Å²) in [6.45, 7) is 0. The largest absolute Gasteiger partial charge is 0.481 e. The first-order chi connectivity index (χ1) is 10.0. The zero-order valence-corrected chi connectivity index (χ0v) is 11.8. The second-order valence-corrected chi connectivity index (χ2v) is 6.01. The molecule has 8 heteroatoms. The number of urea groups is 1. The number of fused-ring (bicyclic) bond motifs is 1. The summed E-state index contributed by atoms with van der Waals surface area (Å²) in [5.41, 5.74) is 0.425. The summed E-state index contributed by atoms with van der Waals surface area (Å²) in [6.07, 6.45) is 1.37. The first kappa shape index (κ1) is 13.4. The van der Waals surface area contributed by atoms with Crippen LogP contribution in [0.5, 0.6) is 5.88 Å². The second-order valence-electron chi connectivity index (χ2n) is 4.25. The second kappa shape index (κ2) is 4.74. The fraction of sp³-hybridized carbons (Fsp3) is 0.0769. The number of nitrogens with one attached hydrogen (secondary N) is 1. The predicted octanol–water partition coefficient (Wildman–Crippen LogP) is 1.83. The predicted molar refractivity (Wildman–Crippen MR) is 75.9 cm³/mol.